The summed E-state index contributed by atoms with van der Waals surface area (Å²) < 4.78 is 40.1. The lowest BCUT2D eigenvalue weighted by atomic mass is 9.95. The van der Waals surface area contributed by atoms with E-state index in [1.54, 1.807) is 12.1 Å². The standard InChI is InChI=1S/C30H26F3N5O2/c31-19-8-6-17(7-9-19)21(15-23(32)33)28(39)37-24-14-18(10-13-34-24)26-27(35-20-4-2-1-3-5-20)25-22(36-26)16-30(11-12-30)38-29(25)40/h1-10,13-14,21,23,35-36H,11-12,15-16H2,(H,38,40)(H,34,37,39)/t21-/m0/s1. The average Bonchev–Trinajstić information content (AvgIpc) is 3.57. The molecule has 6 rings (SSSR count). The third-order valence-corrected chi connectivity index (χ3v) is 7.40. The third kappa shape index (κ3) is 5.16. The molecule has 2 aliphatic rings. The minimum Gasteiger partial charge on any atom is -0.356 e. The van der Waals surface area contributed by atoms with Crippen molar-refractivity contribution in [2.24, 2.45) is 0 Å². The molecule has 1 saturated carbocycles. The van der Waals surface area contributed by atoms with Crippen LogP contribution in [0.15, 0.2) is 72.9 Å². The van der Waals surface area contributed by atoms with E-state index in [2.05, 4.69) is 25.9 Å². The first-order valence-electron chi connectivity index (χ1n) is 13.0. The molecule has 4 N–H and O–H groups in total. The van der Waals surface area contributed by atoms with Crippen molar-refractivity contribution >= 4 is 29.0 Å². The number of hydrogen-bond donors (Lipinski definition) is 4. The number of carbonyl (C=O) groups is 2. The van der Waals surface area contributed by atoms with Crippen LogP contribution in [-0.2, 0) is 11.2 Å². The van der Waals surface area contributed by atoms with Crippen LogP contribution in [0.1, 0.15) is 46.8 Å². The second kappa shape index (κ2) is 10.2. The van der Waals surface area contributed by atoms with Crippen molar-refractivity contribution in [3.8, 4) is 11.3 Å². The van der Waals surface area contributed by atoms with Crippen LogP contribution >= 0.6 is 0 Å². The van der Waals surface area contributed by atoms with Gasteiger partial charge in [-0.15, -0.1) is 0 Å². The molecule has 0 unspecified atom stereocenters. The van der Waals surface area contributed by atoms with Crippen molar-refractivity contribution in [2.45, 2.75) is 43.6 Å². The van der Waals surface area contributed by atoms with Crippen LogP contribution in [0.2, 0.25) is 0 Å². The zero-order valence-corrected chi connectivity index (χ0v) is 21.3. The van der Waals surface area contributed by atoms with Crippen molar-refractivity contribution in [1.29, 1.82) is 0 Å². The summed E-state index contributed by atoms with van der Waals surface area (Å²) in [5.74, 6) is -2.40. The topological polar surface area (TPSA) is 98.9 Å². The number of halogens is 3. The summed E-state index contributed by atoms with van der Waals surface area (Å²) in [4.78, 5) is 34.0. The lowest BCUT2D eigenvalue weighted by Crippen LogP contribution is -2.43. The maximum atomic E-state index is 13.4. The van der Waals surface area contributed by atoms with Crippen LogP contribution in [0.5, 0.6) is 0 Å². The number of rotatable bonds is 8. The van der Waals surface area contributed by atoms with Crippen molar-refractivity contribution in [1.82, 2.24) is 15.3 Å². The Labute approximate surface area is 228 Å². The molecule has 0 radical (unpaired) electrons. The molecule has 2 amide bonds. The highest BCUT2D eigenvalue weighted by atomic mass is 19.3. The Balaban J connectivity index is 1.33. The number of para-hydroxylation sites is 1. The number of nitrogens with one attached hydrogen (secondary N) is 4. The van der Waals surface area contributed by atoms with E-state index in [1.165, 1.54) is 18.3 Å². The van der Waals surface area contributed by atoms with Crippen molar-refractivity contribution in [3.63, 3.8) is 0 Å². The smallest absolute Gasteiger partial charge is 0.255 e. The zero-order valence-electron chi connectivity index (χ0n) is 21.3. The van der Waals surface area contributed by atoms with Crippen LogP contribution in [0, 0.1) is 5.82 Å². The number of amides is 2. The molecule has 0 saturated heterocycles. The molecule has 2 aromatic carbocycles. The van der Waals surface area contributed by atoms with Crippen LogP contribution in [0.3, 0.4) is 0 Å². The van der Waals surface area contributed by atoms with Crippen LogP contribution in [0.4, 0.5) is 30.4 Å². The molecule has 3 heterocycles. The number of alkyl halides is 2. The molecule has 7 nitrogen and oxygen atoms in total. The highest BCUT2D eigenvalue weighted by Gasteiger charge is 2.49. The van der Waals surface area contributed by atoms with Crippen LogP contribution in [-0.4, -0.2) is 33.7 Å². The number of benzene rings is 2. The molecule has 0 bridgehead atoms. The fourth-order valence-electron chi connectivity index (χ4n) is 5.22. The monoisotopic (exact) mass is 545 g/mol. The van der Waals surface area contributed by atoms with Gasteiger partial charge in [-0.3, -0.25) is 9.59 Å². The number of aromatic amines is 1. The Hall–Kier alpha value is -4.60. The van der Waals surface area contributed by atoms with Crippen molar-refractivity contribution < 1.29 is 22.8 Å². The van der Waals surface area contributed by atoms with E-state index >= 15 is 0 Å². The summed E-state index contributed by atoms with van der Waals surface area (Å²) in [6.07, 6.45) is 0.569. The first kappa shape index (κ1) is 25.7. The molecule has 10 heteroatoms. The molecular weight excluding hydrogens is 519 g/mol. The fraction of sp³-hybridized carbons (Fsp3) is 0.233. The van der Waals surface area contributed by atoms with Gasteiger partial charge in [0.25, 0.3) is 5.91 Å². The van der Waals surface area contributed by atoms with Crippen LogP contribution in [0.25, 0.3) is 11.3 Å². The second-order valence-electron chi connectivity index (χ2n) is 10.3. The first-order chi connectivity index (χ1) is 19.3. The Morgan fingerprint density at radius 1 is 1.05 bits per heavy atom. The van der Waals surface area contributed by atoms with Gasteiger partial charge in [0.2, 0.25) is 12.3 Å². The first-order valence-corrected chi connectivity index (χ1v) is 13.0. The minimum absolute atomic E-state index is 0.156. The highest BCUT2D eigenvalue weighted by Crippen LogP contribution is 2.46. The highest BCUT2D eigenvalue weighted by molar-refractivity contribution is 6.07. The van der Waals surface area contributed by atoms with E-state index in [9.17, 15) is 22.8 Å². The molecular formula is C30H26F3N5O2. The van der Waals surface area contributed by atoms with Gasteiger partial charge in [-0.1, -0.05) is 30.3 Å². The number of fused-ring (bicyclic) bond motifs is 1. The lowest BCUT2D eigenvalue weighted by molar-refractivity contribution is -0.118. The van der Waals surface area contributed by atoms with Gasteiger partial charge < -0.3 is 20.9 Å². The van der Waals surface area contributed by atoms with Crippen molar-refractivity contribution in [3.05, 3.63) is 95.6 Å². The number of H-pyrrole nitrogens is 1. The van der Waals surface area contributed by atoms with Gasteiger partial charge in [-0.25, -0.2) is 18.2 Å². The minimum atomic E-state index is -2.74. The Morgan fingerprint density at radius 3 is 2.50 bits per heavy atom. The normalized spacial score (nSPS) is 15.8. The predicted molar refractivity (Wildman–Crippen MR) is 145 cm³/mol. The maximum Gasteiger partial charge on any atom is 0.255 e. The van der Waals surface area contributed by atoms with E-state index in [0.717, 1.165) is 36.4 Å². The van der Waals surface area contributed by atoms with E-state index in [-0.39, 0.29) is 22.8 Å². The average molecular weight is 546 g/mol. The summed E-state index contributed by atoms with van der Waals surface area (Å²) in [5, 5.41) is 9.16. The number of anilines is 3. The maximum absolute atomic E-state index is 13.4. The Kier molecular flexibility index (Phi) is 6.53. The summed E-state index contributed by atoms with van der Waals surface area (Å²) in [6, 6.07) is 17.7. The zero-order chi connectivity index (χ0) is 27.9. The molecule has 1 aliphatic heterocycles. The number of carbonyl (C=O) groups excluding carboxylic acids is 2. The van der Waals surface area contributed by atoms with Gasteiger partial charge >= 0.3 is 0 Å². The fourth-order valence-corrected chi connectivity index (χ4v) is 5.22. The molecule has 1 aliphatic carbocycles. The summed E-state index contributed by atoms with van der Waals surface area (Å²) in [5.41, 5.74) is 4.11. The Bertz CT molecular complexity index is 1570. The van der Waals surface area contributed by atoms with Gasteiger partial charge in [0.15, 0.2) is 0 Å². The van der Waals surface area contributed by atoms with E-state index in [1.807, 2.05) is 30.3 Å². The van der Waals surface area contributed by atoms with E-state index < -0.39 is 30.5 Å². The summed E-state index contributed by atoms with van der Waals surface area (Å²) in [6.45, 7) is 0. The molecule has 1 atom stereocenters. The summed E-state index contributed by atoms with van der Waals surface area (Å²) in [7, 11) is 0. The number of pyridine rings is 1. The van der Waals surface area contributed by atoms with Gasteiger partial charge in [-0.2, -0.15) is 0 Å². The summed E-state index contributed by atoms with van der Waals surface area (Å²) >= 11 is 0. The molecule has 40 heavy (non-hydrogen) atoms. The molecule has 4 aromatic rings. The molecule has 2 aromatic heterocycles. The predicted octanol–water partition coefficient (Wildman–Crippen LogP) is 6.16. The third-order valence-electron chi connectivity index (χ3n) is 7.40. The Morgan fingerprint density at radius 2 is 1.80 bits per heavy atom. The lowest BCUT2D eigenvalue weighted by Gasteiger charge is -2.23. The SMILES string of the molecule is O=C1NC2(CC2)Cc2[nH]c(-c3ccnc(NC(=O)[C@@H](CC(F)F)c4ccc(F)cc4)c3)c(Nc3ccccc3)c21. The molecule has 1 fully saturated rings. The number of hydrogen-bond acceptors (Lipinski definition) is 4. The van der Waals surface area contributed by atoms with E-state index in [0.29, 0.717) is 28.9 Å². The van der Waals surface area contributed by atoms with Crippen molar-refractivity contribution in [2.75, 3.05) is 10.6 Å². The van der Waals surface area contributed by atoms with Gasteiger partial charge in [-0.05, 0) is 54.8 Å². The largest absolute Gasteiger partial charge is 0.356 e. The quantitative estimate of drug-likeness (QED) is 0.213. The second-order valence-corrected chi connectivity index (χ2v) is 10.3. The van der Waals surface area contributed by atoms with E-state index in [4.69, 9.17) is 0 Å². The van der Waals surface area contributed by atoms with Gasteiger partial charge in [0.1, 0.15) is 11.6 Å². The van der Waals surface area contributed by atoms with Crippen LogP contribution < -0.4 is 16.0 Å². The number of nitrogens with zero attached hydrogens (tertiary/aromatic N) is 1. The van der Waals surface area contributed by atoms with Gasteiger partial charge in [0.05, 0.1) is 22.9 Å². The van der Waals surface area contributed by atoms with Gasteiger partial charge in [0, 0.05) is 41.5 Å². The molecule has 1 spiro atoms. The number of aromatic nitrogens is 2. The molecule has 204 valence electrons.